The van der Waals surface area contributed by atoms with Crippen LogP contribution >= 0.6 is 0 Å². The third-order valence-corrected chi connectivity index (χ3v) is 8.02. The number of para-hydroxylation sites is 1. The van der Waals surface area contributed by atoms with E-state index in [1.54, 1.807) is 12.1 Å². The van der Waals surface area contributed by atoms with Crippen LogP contribution in [0.3, 0.4) is 0 Å². The number of aryl methyl sites for hydroxylation is 1. The molecule has 6 nitrogen and oxygen atoms in total. The van der Waals surface area contributed by atoms with Crippen LogP contribution in [-0.4, -0.2) is 42.0 Å². The van der Waals surface area contributed by atoms with Crippen molar-refractivity contribution in [3.05, 3.63) is 66.5 Å². The van der Waals surface area contributed by atoms with E-state index >= 15 is 0 Å². The van der Waals surface area contributed by atoms with Crippen LogP contribution in [0.5, 0.6) is 0 Å². The Morgan fingerprint density at radius 2 is 2.03 bits per heavy atom. The van der Waals surface area contributed by atoms with Gasteiger partial charge in [0, 0.05) is 48.4 Å². The van der Waals surface area contributed by atoms with Crippen LogP contribution in [0.15, 0.2) is 65.8 Å². The highest BCUT2D eigenvalue weighted by Gasteiger charge is 2.32. The molecule has 3 heterocycles. The molecule has 0 radical (unpaired) electrons. The summed E-state index contributed by atoms with van der Waals surface area (Å²) in [6.07, 6.45) is 6.25. The van der Waals surface area contributed by atoms with E-state index in [1.807, 2.05) is 37.5 Å². The maximum atomic E-state index is 13.1. The van der Waals surface area contributed by atoms with Gasteiger partial charge >= 0.3 is 0 Å². The summed E-state index contributed by atoms with van der Waals surface area (Å²) in [5.74, 6) is 0. The van der Waals surface area contributed by atoms with E-state index in [9.17, 15) is 8.42 Å². The number of sulfonamides is 1. The quantitative estimate of drug-likeness (QED) is 0.477. The number of nitrogens with one attached hydrogen (secondary N) is 2. The molecule has 0 saturated carbocycles. The van der Waals surface area contributed by atoms with E-state index in [1.165, 1.54) is 10.9 Å². The number of benzene rings is 2. The Balaban J connectivity index is 1.48. The number of nitrogens with zero attached hydrogens (tertiary/aromatic N) is 2. The number of rotatable bonds is 6. The topological polar surface area (TPSA) is 70.1 Å². The van der Waals surface area contributed by atoms with Gasteiger partial charge in [-0.25, -0.2) is 13.1 Å². The Morgan fingerprint density at radius 1 is 1.19 bits per heavy atom. The summed E-state index contributed by atoms with van der Waals surface area (Å²) >= 11 is 0. The highest BCUT2D eigenvalue weighted by Crippen LogP contribution is 2.34. The predicted molar refractivity (Wildman–Crippen MR) is 125 cm³/mol. The maximum Gasteiger partial charge on any atom is 0.240 e. The molecule has 2 unspecified atom stereocenters. The summed E-state index contributed by atoms with van der Waals surface area (Å²) in [5, 5.41) is 2.18. The van der Waals surface area contributed by atoms with Crippen molar-refractivity contribution in [2.45, 2.75) is 36.7 Å². The SMILES string of the molecule is CC1CCCN1C(CNS(=O)(=O)c1ccc2cc[nH]c2c1)c1cn(C)c2ccccc12. The van der Waals surface area contributed by atoms with Crippen molar-refractivity contribution in [1.82, 2.24) is 19.2 Å². The Morgan fingerprint density at radius 3 is 2.84 bits per heavy atom. The van der Waals surface area contributed by atoms with Gasteiger partial charge in [-0.05, 0) is 61.5 Å². The third-order valence-electron chi connectivity index (χ3n) is 6.59. The summed E-state index contributed by atoms with van der Waals surface area (Å²) in [6.45, 7) is 3.55. The average molecular weight is 437 g/mol. The summed E-state index contributed by atoms with van der Waals surface area (Å²) in [4.78, 5) is 5.82. The molecule has 0 amide bonds. The van der Waals surface area contributed by atoms with E-state index in [0.717, 1.165) is 35.8 Å². The van der Waals surface area contributed by atoms with Gasteiger partial charge in [0.25, 0.3) is 0 Å². The van der Waals surface area contributed by atoms with Crippen LogP contribution in [0.4, 0.5) is 0 Å². The molecule has 1 fully saturated rings. The highest BCUT2D eigenvalue weighted by atomic mass is 32.2. The predicted octanol–water partition coefficient (Wildman–Crippen LogP) is 4.16. The molecule has 7 heteroatoms. The van der Waals surface area contributed by atoms with Crippen LogP contribution in [0.1, 0.15) is 31.4 Å². The molecule has 0 aliphatic carbocycles. The van der Waals surface area contributed by atoms with Gasteiger partial charge in [0.05, 0.1) is 10.9 Å². The molecule has 1 aliphatic rings. The fourth-order valence-electron chi connectivity index (χ4n) is 4.93. The van der Waals surface area contributed by atoms with Crippen molar-refractivity contribution < 1.29 is 8.42 Å². The molecule has 1 aliphatic heterocycles. The molecule has 5 rings (SSSR count). The number of fused-ring (bicyclic) bond motifs is 2. The molecule has 2 aromatic heterocycles. The second kappa shape index (κ2) is 7.82. The van der Waals surface area contributed by atoms with E-state index in [0.29, 0.717) is 12.6 Å². The van der Waals surface area contributed by atoms with Gasteiger partial charge in [0.15, 0.2) is 0 Å². The van der Waals surface area contributed by atoms with Gasteiger partial charge in [0.2, 0.25) is 10.0 Å². The van der Waals surface area contributed by atoms with Crippen LogP contribution in [-0.2, 0) is 17.1 Å². The number of H-pyrrole nitrogens is 1. The Bertz CT molecular complexity index is 1340. The zero-order chi connectivity index (χ0) is 21.6. The zero-order valence-corrected chi connectivity index (χ0v) is 18.7. The Hall–Kier alpha value is -2.61. The van der Waals surface area contributed by atoms with Crippen molar-refractivity contribution in [2.24, 2.45) is 7.05 Å². The van der Waals surface area contributed by atoms with E-state index in [4.69, 9.17) is 0 Å². The van der Waals surface area contributed by atoms with E-state index < -0.39 is 10.0 Å². The Labute approximate surface area is 182 Å². The molecular formula is C24H28N4O2S. The fraction of sp³-hybridized carbons (Fsp3) is 0.333. The lowest BCUT2D eigenvalue weighted by Crippen LogP contribution is -2.39. The minimum Gasteiger partial charge on any atom is -0.361 e. The second-order valence-corrected chi connectivity index (χ2v) is 10.3. The second-order valence-electron chi connectivity index (χ2n) is 8.54. The largest absolute Gasteiger partial charge is 0.361 e. The van der Waals surface area contributed by atoms with Gasteiger partial charge < -0.3 is 9.55 Å². The smallest absolute Gasteiger partial charge is 0.240 e. The molecule has 2 aromatic carbocycles. The lowest BCUT2D eigenvalue weighted by atomic mass is 10.0. The maximum absolute atomic E-state index is 13.1. The Kier molecular flexibility index (Phi) is 5.12. The van der Waals surface area contributed by atoms with Crippen LogP contribution in [0.2, 0.25) is 0 Å². The van der Waals surface area contributed by atoms with Crippen LogP contribution in [0, 0.1) is 0 Å². The van der Waals surface area contributed by atoms with Gasteiger partial charge in [0.1, 0.15) is 0 Å². The number of hydrogen-bond donors (Lipinski definition) is 2. The monoisotopic (exact) mass is 436 g/mol. The fourth-order valence-corrected chi connectivity index (χ4v) is 5.99. The molecule has 162 valence electrons. The molecule has 1 saturated heterocycles. The highest BCUT2D eigenvalue weighted by molar-refractivity contribution is 7.89. The van der Waals surface area contributed by atoms with Crippen molar-refractivity contribution in [1.29, 1.82) is 0 Å². The van der Waals surface area contributed by atoms with E-state index in [2.05, 4.69) is 44.4 Å². The molecular weight excluding hydrogens is 408 g/mol. The lowest BCUT2D eigenvalue weighted by molar-refractivity contribution is 0.193. The molecule has 0 spiro atoms. The average Bonchev–Trinajstić information content (AvgIpc) is 3.48. The van der Waals surface area contributed by atoms with Crippen molar-refractivity contribution in [3.63, 3.8) is 0 Å². The summed E-state index contributed by atoms with van der Waals surface area (Å²) in [6, 6.07) is 15.9. The minimum absolute atomic E-state index is 0.0207. The first kappa shape index (κ1) is 20.3. The number of aromatic nitrogens is 2. The normalized spacial score (nSPS) is 18.8. The van der Waals surface area contributed by atoms with Gasteiger partial charge in [-0.1, -0.05) is 24.3 Å². The first-order chi connectivity index (χ1) is 14.9. The van der Waals surface area contributed by atoms with Crippen LogP contribution in [0.25, 0.3) is 21.8 Å². The summed E-state index contributed by atoms with van der Waals surface area (Å²) in [5.41, 5.74) is 3.16. The van der Waals surface area contributed by atoms with Gasteiger partial charge in [-0.2, -0.15) is 0 Å². The van der Waals surface area contributed by atoms with Crippen molar-refractivity contribution in [2.75, 3.05) is 13.1 Å². The summed E-state index contributed by atoms with van der Waals surface area (Å²) < 4.78 is 31.3. The number of likely N-dealkylation sites (tertiary alicyclic amines) is 1. The minimum atomic E-state index is -3.63. The van der Waals surface area contributed by atoms with Gasteiger partial charge in [-0.15, -0.1) is 0 Å². The first-order valence-electron chi connectivity index (χ1n) is 10.8. The molecule has 4 aromatic rings. The molecule has 0 bridgehead atoms. The molecule has 2 atom stereocenters. The lowest BCUT2D eigenvalue weighted by Gasteiger charge is -2.31. The van der Waals surface area contributed by atoms with Crippen molar-refractivity contribution in [3.8, 4) is 0 Å². The van der Waals surface area contributed by atoms with Gasteiger partial charge in [-0.3, -0.25) is 4.90 Å². The summed E-state index contributed by atoms with van der Waals surface area (Å²) in [7, 11) is -1.58. The number of aromatic amines is 1. The molecule has 2 N–H and O–H groups in total. The zero-order valence-electron chi connectivity index (χ0n) is 17.9. The number of hydrogen-bond acceptors (Lipinski definition) is 3. The third kappa shape index (κ3) is 3.67. The standard InChI is InChI=1S/C24H28N4O2S/c1-17-6-5-13-28(17)24(21-16-27(2)23-8-4-3-7-20(21)23)15-26-31(29,30)19-10-9-18-11-12-25-22(18)14-19/h3-4,7-12,14,16-17,24-26H,5-6,13,15H2,1-2H3. The van der Waals surface area contributed by atoms with Crippen molar-refractivity contribution >= 4 is 31.8 Å². The van der Waals surface area contributed by atoms with E-state index in [-0.39, 0.29) is 10.9 Å². The first-order valence-corrected chi connectivity index (χ1v) is 12.3. The molecule has 31 heavy (non-hydrogen) atoms. The van der Waals surface area contributed by atoms with Crippen LogP contribution < -0.4 is 4.72 Å².